The average molecular weight is 593 g/mol. The second kappa shape index (κ2) is 13.2. The first-order valence-corrected chi connectivity index (χ1v) is 14.8. The van der Waals surface area contributed by atoms with Gasteiger partial charge in [-0.2, -0.15) is 0 Å². The van der Waals surface area contributed by atoms with Gasteiger partial charge in [-0.1, -0.05) is 47.5 Å². The molecule has 0 heterocycles. The molecule has 0 aliphatic heterocycles. The molecule has 208 valence electrons. The van der Waals surface area contributed by atoms with Crippen LogP contribution in [-0.2, 0) is 26.2 Å². The van der Waals surface area contributed by atoms with Gasteiger partial charge >= 0.3 is 0 Å². The van der Waals surface area contributed by atoms with E-state index in [1.165, 1.54) is 4.90 Å². The molecule has 1 N–H and O–H groups in total. The second-order valence-corrected chi connectivity index (χ2v) is 12.0. The zero-order chi connectivity index (χ0) is 28.7. The maximum absolute atomic E-state index is 13.7. The van der Waals surface area contributed by atoms with Gasteiger partial charge in [0.1, 0.15) is 24.1 Å². The summed E-state index contributed by atoms with van der Waals surface area (Å²) in [6.07, 6.45) is 1.01. The van der Waals surface area contributed by atoms with Crippen LogP contribution in [0.5, 0.6) is 11.5 Å². The molecular formula is C28H31Cl2N3O5S. The van der Waals surface area contributed by atoms with Gasteiger partial charge in [0.2, 0.25) is 21.8 Å². The van der Waals surface area contributed by atoms with Crippen LogP contribution in [0.1, 0.15) is 26.3 Å². The van der Waals surface area contributed by atoms with Crippen molar-refractivity contribution in [3.05, 3.63) is 88.4 Å². The van der Waals surface area contributed by atoms with E-state index in [4.69, 9.17) is 27.9 Å². The van der Waals surface area contributed by atoms with Crippen LogP contribution in [0.4, 0.5) is 5.69 Å². The first kappa shape index (κ1) is 30.3. The molecule has 3 aromatic rings. The Kier molecular flexibility index (Phi) is 10.2. The van der Waals surface area contributed by atoms with Crippen LogP contribution in [0.3, 0.4) is 0 Å². The maximum atomic E-state index is 13.7. The van der Waals surface area contributed by atoms with Gasteiger partial charge < -0.3 is 15.0 Å². The van der Waals surface area contributed by atoms with Gasteiger partial charge in [0.05, 0.1) is 11.9 Å². The Morgan fingerprint density at radius 1 is 0.872 bits per heavy atom. The lowest BCUT2D eigenvalue weighted by Crippen LogP contribution is -2.52. The number of nitrogens with zero attached hydrogens (tertiary/aromatic N) is 2. The van der Waals surface area contributed by atoms with E-state index in [-0.39, 0.29) is 18.3 Å². The van der Waals surface area contributed by atoms with Crippen LogP contribution in [0.15, 0.2) is 72.8 Å². The number of ether oxygens (including phenoxy) is 1. The van der Waals surface area contributed by atoms with E-state index in [1.54, 1.807) is 75.4 Å². The lowest BCUT2D eigenvalue weighted by Gasteiger charge is -2.32. The van der Waals surface area contributed by atoms with E-state index >= 15 is 0 Å². The summed E-state index contributed by atoms with van der Waals surface area (Å²) in [5, 5.41) is 3.44. The van der Waals surface area contributed by atoms with Gasteiger partial charge in [-0.25, -0.2) is 8.42 Å². The quantitative estimate of drug-likeness (QED) is 0.318. The Balaban J connectivity index is 1.90. The molecule has 3 rings (SSSR count). The van der Waals surface area contributed by atoms with Crippen molar-refractivity contribution in [2.45, 2.75) is 39.4 Å². The van der Waals surface area contributed by atoms with Crippen molar-refractivity contribution >= 4 is 50.7 Å². The Bertz CT molecular complexity index is 1380. The summed E-state index contributed by atoms with van der Waals surface area (Å²) in [6.45, 7) is 4.54. The van der Waals surface area contributed by atoms with E-state index in [2.05, 4.69) is 5.32 Å². The molecule has 39 heavy (non-hydrogen) atoms. The molecule has 0 fully saturated rings. The maximum Gasteiger partial charge on any atom is 0.244 e. The minimum absolute atomic E-state index is 0.0918. The third-order valence-electron chi connectivity index (χ3n) is 5.77. The number of hydrogen-bond donors (Lipinski definition) is 1. The van der Waals surface area contributed by atoms with Crippen molar-refractivity contribution in [1.29, 1.82) is 0 Å². The van der Waals surface area contributed by atoms with Crippen molar-refractivity contribution in [3.63, 3.8) is 0 Å². The average Bonchev–Trinajstić information content (AvgIpc) is 2.87. The molecule has 0 aliphatic rings. The number of rotatable bonds is 11. The van der Waals surface area contributed by atoms with Crippen LogP contribution in [-0.4, -0.2) is 50.0 Å². The topological polar surface area (TPSA) is 96.0 Å². The van der Waals surface area contributed by atoms with Crippen molar-refractivity contribution in [2.24, 2.45) is 0 Å². The van der Waals surface area contributed by atoms with Gasteiger partial charge in [0.15, 0.2) is 0 Å². The van der Waals surface area contributed by atoms with Gasteiger partial charge in [0, 0.05) is 28.2 Å². The number of hydrogen-bond acceptors (Lipinski definition) is 5. The highest BCUT2D eigenvalue weighted by atomic mass is 35.5. The molecule has 0 saturated heterocycles. The normalized spacial score (nSPS) is 12.1. The molecule has 0 aromatic heterocycles. The highest BCUT2D eigenvalue weighted by Gasteiger charge is 2.31. The van der Waals surface area contributed by atoms with Crippen LogP contribution in [0, 0.1) is 0 Å². The van der Waals surface area contributed by atoms with Crippen LogP contribution in [0.2, 0.25) is 10.0 Å². The first-order chi connectivity index (χ1) is 18.4. The zero-order valence-electron chi connectivity index (χ0n) is 22.1. The summed E-state index contributed by atoms with van der Waals surface area (Å²) in [5.41, 5.74) is 0.716. The molecular weight excluding hydrogens is 561 g/mol. The summed E-state index contributed by atoms with van der Waals surface area (Å²) >= 11 is 12.7. The first-order valence-electron chi connectivity index (χ1n) is 12.2. The van der Waals surface area contributed by atoms with E-state index in [0.29, 0.717) is 27.1 Å². The van der Waals surface area contributed by atoms with Crippen molar-refractivity contribution in [2.75, 3.05) is 17.1 Å². The highest BCUT2D eigenvalue weighted by molar-refractivity contribution is 7.92. The second-order valence-electron chi connectivity index (χ2n) is 9.24. The number of amides is 2. The van der Waals surface area contributed by atoms with Crippen LogP contribution < -0.4 is 14.4 Å². The molecule has 8 nitrogen and oxygen atoms in total. The predicted octanol–water partition coefficient (Wildman–Crippen LogP) is 5.49. The summed E-state index contributed by atoms with van der Waals surface area (Å²) < 4.78 is 32.3. The van der Waals surface area contributed by atoms with E-state index < -0.39 is 34.4 Å². The lowest BCUT2D eigenvalue weighted by atomic mass is 10.1. The predicted molar refractivity (Wildman–Crippen MR) is 155 cm³/mol. The summed E-state index contributed by atoms with van der Waals surface area (Å²) in [4.78, 5) is 27.8. The molecule has 2 amide bonds. The number of sulfonamides is 1. The van der Waals surface area contributed by atoms with Crippen LogP contribution >= 0.6 is 23.2 Å². The van der Waals surface area contributed by atoms with Gasteiger partial charge in [0.25, 0.3) is 0 Å². The standard InChI is InChI=1S/C28H31Cl2N3O5S/c1-19(2)31-28(35)20(3)32(17-24-25(29)11-8-12-26(24)30)27(34)18-33(39(4,36)37)21-13-15-23(16-14-21)38-22-9-6-5-7-10-22/h5-16,19-20H,17-18H2,1-4H3,(H,31,35). The number of carbonyl (C=O) groups excluding carboxylic acids is 2. The third-order valence-corrected chi connectivity index (χ3v) is 7.62. The highest BCUT2D eigenvalue weighted by Crippen LogP contribution is 2.28. The summed E-state index contributed by atoms with van der Waals surface area (Å²) in [7, 11) is -3.88. The van der Waals surface area contributed by atoms with Crippen molar-refractivity contribution in [1.82, 2.24) is 10.2 Å². The fourth-order valence-corrected chi connectivity index (χ4v) is 5.13. The number of anilines is 1. The SMILES string of the molecule is CC(C)NC(=O)C(C)N(Cc1c(Cl)cccc1Cl)C(=O)CN(c1ccc(Oc2ccccc2)cc1)S(C)(=O)=O. The monoisotopic (exact) mass is 591 g/mol. The molecule has 1 unspecified atom stereocenters. The number of benzene rings is 3. The molecule has 3 aromatic carbocycles. The zero-order valence-corrected chi connectivity index (χ0v) is 24.4. The minimum atomic E-state index is -3.88. The van der Waals surface area contributed by atoms with E-state index in [1.807, 2.05) is 18.2 Å². The molecule has 0 bridgehead atoms. The molecule has 0 spiro atoms. The number of para-hydroxylation sites is 1. The van der Waals surface area contributed by atoms with Crippen LogP contribution in [0.25, 0.3) is 0 Å². The molecule has 1 atom stereocenters. The Morgan fingerprint density at radius 3 is 1.97 bits per heavy atom. The van der Waals surface area contributed by atoms with Gasteiger partial charge in [-0.15, -0.1) is 0 Å². The Labute approximate surface area is 239 Å². The lowest BCUT2D eigenvalue weighted by molar-refractivity contribution is -0.139. The van der Waals surface area contributed by atoms with Gasteiger partial charge in [-0.3, -0.25) is 13.9 Å². The largest absolute Gasteiger partial charge is 0.457 e. The van der Waals surface area contributed by atoms with Crippen molar-refractivity contribution < 1.29 is 22.7 Å². The fourth-order valence-electron chi connectivity index (χ4n) is 3.76. The fraction of sp³-hybridized carbons (Fsp3) is 0.286. The Hall–Kier alpha value is -3.27. The van der Waals surface area contributed by atoms with Gasteiger partial charge in [-0.05, 0) is 69.3 Å². The smallest absolute Gasteiger partial charge is 0.244 e. The molecule has 0 aliphatic carbocycles. The number of nitrogens with one attached hydrogen (secondary N) is 1. The summed E-state index contributed by atoms with van der Waals surface area (Å²) in [6, 6.07) is 19.3. The molecule has 0 saturated carbocycles. The van der Waals surface area contributed by atoms with Crippen molar-refractivity contribution in [3.8, 4) is 11.5 Å². The third kappa shape index (κ3) is 8.36. The molecule has 0 radical (unpaired) electrons. The summed E-state index contributed by atoms with van der Waals surface area (Å²) in [5.74, 6) is 0.129. The Morgan fingerprint density at radius 2 is 1.44 bits per heavy atom. The van der Waals surface area contributed by atoms with E-state index in [9.17, 15) is 18.0 Å². The molecule has 11 heteroatoms. The van der Waals surface area contributed by atoms with E-state index in [0.717, 1.165) is 10.6 Å². The number of carbonyl (C=O) groups is 2. The number of halogens is 2. The minimum Gasteiger partial charge on any atom is -0.457 e.